The molecule has 1 saturated heterocycles. The molecule has 2 aliphatic heterocycles. The van der Waals surface area contributed by atoms with Gasteiger partial charge in [-0.1, -0.05) is 29.8 Å². The fourth-order valence-electron chi connectivity index (χ4n) is 3.18. The van der Waals surface area contributed by atoms with Crippen LogP contribution in [0.4, 0.5) is 0 Å². The van der Waals surface area contributed by atoms with Gasteiger partial charge in [0.1, 0.15) is 0 Å². The van der Waals surface area contributed by atoms with E-state index in [1.807, 2.05) is 12.1 Å². The van der Waals surface area contributed by atoms with Crippen LogP contribution in [0.2, 0.25) is 5.02 Å². The Morgan fingerprint density at radius 2 is 2.00 bits per heavy atom. The van der Waals surface area contributed by atoms with Crippen LogP contribution >= 0.6 is 11.6 Å². The topological polar surface area (TPSA) is 30.9 Å². The van der Waals surface area contributed by atoms with Crippen LogP contribution in [0.1, 0.15) is 18.4 Å². The molecule has 0 aliphatic carbocycles. The average molecular weight is 321 g/mol. The van der Waals surface area contributed by atoms with Crippen molar-refractivity contribution < 1.29 is 0 Å². The number of guanidine groups is 1. The molecule has 120 valence electrons. The van der Waals surface area contributed by atoms with E-state index in [0.29, 0.717) is 0 Å². The lowest BCUT2D eigenvalue weighted by Crippen LogP contribution is -2.41. The lowest BCUT2D eigenvalue weighted by Gasteiger charge is -2.32. The predicted octanol–water partition coefficient (Wildman–Crippen LogP) is 2.44. The van der Waals surface area contributed by atoms with Crippen LogP contribution in [0.25, 0.3) is 0 Å². The highest BCUT2D eigenvalue weighted by Crippen LogP contribution is 2.22. The molecule has 0 atom stereocenters. The van der Waals surface area contributed by atoms with Crippen molar-refractivity contribution in [1.29, 1.82) is 0 Å². The number of benzene rings is 1. The molecule has 2 heterocycles. The number of piperidine rings is 1. The summed E-state index contributed by atoms with van der Waals surface area (Å²) in [7, 11) is 2.10. The molecular weight excluding hydrogens is 296 g/mol. The fraction of sp³-hybridized carbons (Fsp3) is 0.588. The molecule has 0 spiro atoms. The minimum Gasteiger partial charge on any atom is -0.356 e. The van der Waals surface area contributed by atoms with E-state index in [1.54, 1.807) is 0 Å². The summed E-state index contributed by atoms with van der Waals surface area (Å²) in [5.74, 6) is 1.82. The summed E-state index contributed by atoms with van der Waals surface area (Å²) in [6.07, 6.45) is 2.49. The summed E-state index contributed by atoms with van der Waals surface area (Å²) in [6.45, 7) is 6.28. The lowest BCUT2D eigenvalue weighted by molar-refractivity contribution is 0.178. The SMILES string of the molecule is CN1CCN=C1NCC1CCN(Cc2ccccc2Cl)CC1. The Morgan fingerprint density at radius 1 is 1.23 bits per heavy atom. The van der Waals surface area contributed by atoms with E-state index in [1.165, 1.54) is 18.4 Å². The molecule has 0 radical (unpaired) electrons. The highest BCUT2D eigenvalue weighted by Gasteiger charge is 2.21. The van der Waals surface area contributed by atoms with Gasteiger partial charge in [0.15, 0.2) is 5.96 Å². The zero-order valence-corrected chi connectivity index (χ0v) is 14.0. The molecule has 1 N–H and O–H groups in total. The van der Waals surface area contributed by atoms with Gasteiger partial charge < -0.3 is 10.2 Å². The first-order valence-corrected chi connectivity index (χ1v) is 8.55. The number of hydrogen-bond donors (Lipinski definition) is 1. The maximum atomic E-state index is 6.25. The van der Waals surface area contributed by atoms with Gasteiger partial charge in [-0.2, -0.15) is 0 Å². The smallest absolute Gasteiger partial charge is 0.193 e. The molecule has 5 heteroatoms. The maximum absolute atomic E-state index is 6.25. The van der Waals surface area contributed by atoms with E-state index in [4.69, 9.17) is 11.6 Å². The molecule has 4 nitrogen and oxygen atoms in total. The van der Waals surface area contributed by atoms with Gasteiger partial charge >= 0.3 is 0 Å². The van der Waals surface area contributed by atoms with Crippen molar-refractivity contribution in [3.63, 3.8) is 0 Å². The quantitative estimate of drug-likeness (QED) is 0.924. The van der Waals surface area contributed by atoms with Crippen molar-refractivity contribution >= 4 is 17.6 Å². The number of nitrogens with zero attached hydrogens (tertiary/aromatic N) is 3. The molecule has 1 aromatic rings. The van der Waals surface area contributed by atoms with Crippen LogP contribution in [0.5, 0.6) is 0 Å². The predicted molar refractivity (Wildman–Crippen MR) is 92.4 cm³/mol. The molecule has 0 aromatic heterocycles. The van der Waals surface area contributed by atoms with Gasteiger partial charge in [0.25, 0.3) is 0 Å². The third kappa shape index (κ3) is 3.93. The molecule has 1 aromatic carbocycles. The van der Waals surface area contributed by atoms with Gasteiger partial charge in [-0.3, -0.25) is 9.89 Å². The highest BCUT2D eigenvalue weighted by atomic mass is 35.5. The molecule has 0 saturated carbocycles. The molecule has 3 rings (SSSR count). The van der Waals surface area contributed by atoms with Crippen LogP contribution in [0.3, 0.4) is 0 Å². The van der Waals surface area contributed by atoms with Crippen molar-refractivity contribution in [2.45, 2.75) is 19.4 Å². The maximum Gasteiger partial charge on any atom is 0.193 e. The van der Waals surface area contributed by atoms with E-state index in [0.717, 1.165) is 56.2 Å². The summed E-state index contributed by atoms with van der Waals surface area (Å²) in [6, 6.07) is 8.17. The second-order valence-corrected chi connectivity index (χ2v) is 6.73. The van der Waals surface area contributed by atoms with Crippen molar-refractivity contribution in [3.8, 4) is 0 Å². The van der Waals surface area contributed by atoms with Crippen molar-refractivity contribution in [1.82, 2.24) is 15.1 Å². The normalized spacial score (nSPS) is 20.3. The van der Waals surface area contributed by atoms with Gasteiger partial charge in [0, 0.05) is 31.7 Å². The van der Waals surface area contributed by atoms with Crippen molar-refractivity contribution in [3.05, 3.63) is 34.9 Å². The third-order valence-corrected chi connectivity index (χ3v) is 5.04. The molecular formula is C17H25ClN4. The van der Waals surface area contributed by atoms with E-state index in [-0.39, 0.29) is 0 Å². The second-order valence-electron chi connectivity index (χ2n) is 6.32. The van der Waals surface area contributed by atoms with E-state index in [9.17, 15) is 0 Å². The van der Waals surface area contributed by atoms with Crippen LogP contribution in [0.15, 0.2) is 29.3 Å². The Hall–Kier alpha value is -1.26. The molecule has 1 fully saturated rings. The minimum atomic E-state index is 0.749. The monoisotopic (exact) mass is 320 g/mol. The Morgan fingerprint density at radius 3 is 2.68 bits per heavy atom. The van der Waals surface area contributed by atoms with Crippen LogP contribution < -0.4 is 5.32 Å². The number of rotatable bonds is 4. The summed E-state index contributed by atoms with van der Waals surface area (Å²) in [5, 5.41) is 4.39. The zero-order chi connectivity index (χ0) is 15.4. The Kier molecular flexibility index (Phi) is 5.21. The fourth-order valence-corrected chi connectivity index (χ4v) is 3.37. The summed E-state index contributed by atoms with van der Waals surface area (Å²) in [4.78, 5) is 9.20. The first-order chi connectivity index (χ1) is 10.7. The molecule has 2 aliphatic rings. The van der Waals surface area contributed by atoms with Gasteiger partial charge in [0.2, 0.25) is 0 Å². The van der Waals surface area contributed by atoms with Crippen molar-refractivity contribution in [2.24, 2.45) is 10.9 Å². The summed E-state index contributed by atoms with van der Waals surface area (Å²) in [5.41, 5.74) is 1.24. The number of halogens is 1. The second kappa shape index (κ2) is 7.34. The summed E-state index contributed by atoms with van der Waals surface area (Å²) >= 11 is 6.25. The largest absolute Gasteiger partial charge is 0.356 e. The first kappa shape index (κ1) is 15.6. The number of aliphatic imine (C=N–C) groups is 1. The van der Waals surface area contributed by atoms with E-state index >= 15 is 0 Å². The van der Waals surface area contributed by atoms with Crippen molar-refractivity contribution in [2.75, 3.05) is 39.8 Å². The molecule has 0 unspecified atom stereocenters. The minimum absolute atomic E-state index is 0.749. The Bertz CT molecular complexity index is 523. The Labute approximate surface area is 138 Å². The zero-order valence-electron chi connectivity index (χ0n) is 13.3. The van der Waals surface area contributed by atoms with Crippen LogP contribution in [0, 0.1) is 5.92 Å². The lowest BCUT2D eigenvalue weighted by atomic mass is 9.96. The molecule has 0 amide bonds. The average Bonchev–Trinajstić information content (AvgIpc) is 2.94. The van der Waals surface area contributed by atoms with Gasteiger partial charge in [-0.05, 0) is 43.5 Å². The number of nitrogens with one attached hydrogen (secondary N) is 1. The number of likely N-dealkylation sites (N-methyl/N-ethyl adjacent to an activating group) is 1. The standard InChI is InChI=1S/C17H25ClN4/c1-21-11-8-19-17(21)20-12-14-6-9-22(10-7-14)13-15-4-2-3-5-16(15)18/h2-5,14H,6-13H2,1H3,(H,19,20). The number of hydrogen-bond acceptors (Lipinski definition) is 4. The van der Waals surface area contributed by atoms with E-state index in [2.05, 4.69) is 39.3 Å². The van der Waals surface area contributed by atoms with Crippen LogP contribution in [-0.2, 0) is 6.54 Å². The Balaban J connectivity index is 1.42. The first-order valence-electron chi connectivity index (χ1n) is 8.17. The van der Waals surface area contributed by atoms with Crippen LogP contribution in [-0.4, -0.2) is 55.5 Å². The summed E-state index contributed by atoms with van der Waals surface area (Å²) < 4.78 is 0. The van der Waals surface area contributed by atoms with Gasteiger partial charge in [0.05, 0.1) is 6.54 Å². The van der Waals surface area contributed by atoms with E-state index < -0.39 is 0 Å². The number of likely N-dealkylation sites (tertiary alicyclic amines) is 1. The highest BCUT2D eigenvalue weighted by molar-refractivity contribution is 6.31. The molecule has 22 heavy (non-hydrogen) atoms. The molecule has 0 bridgehead atoms. The third-order valence-electron chi connectivity index (χ3n) is 4.67. The van der Waals surface area contributed by atoms with Gasteiger partial charge in [-0.25, -0.2) is 0 Å². The van der Waals surface area contributed by atoms with Gasteiger partial charge in [-0.15, -0.1) is 0 Å².